The molecule has 3 atom stereocenters. The molecule has 0 unspecified atom stereocenters. The number of rotatable bonds is 14. The van der Waals surface area contributed by atoms with Gasteiger partial charge in [0.15, 0.2) is 5.78 Å². The molecule has 0 radical (unpaired) electrons. The molecule has 1 saturated heterocycles. The van der Waals surface area contributed by atoms with Crippen molar-refractivity contribution in [2.24, 2.45) is 11.8 Å². The first-order valence-corrected chi connectivity index (χ1v) is 18.5. The summed E-state index contributed by atoms with van der Waals surface area (Å²) < 4.78 is 56.8. The van der Waals surface area contributed by atoms with Crippen LogP contribution in [0.15, 0.2) is 59.5 Å². The minimum Gasteiger partial charge on any atom is -0.392 e. The number of benzene rings is 3. The Morgan fingerprint density at radius 3 is 2.23 bits per heavy atom. The Morgan fingerprint density at radius 2 is 1.60 bits per heavy atom. The van der Waals surface area contributed by atoms with Crippen LogP contribution in [-0.2, 0) is 16.4 Å². The van der Waals surface area contributed by atoms with Crippen molar-refractivity contribution in [3.05, 3.63) is 98.5 Å². The highest BCUT2D eigenvalue weighted by Gasteiger charge is 2.37. The number of aliphatic hydroxyl groups excluding tert-OH is 1. The average Bonchev–Trinajstić information content (AvgIpc) is 3.04. The molecule has 48 heavy (non-hydrogen) atoms. The number of Topliss-reactive ketones (excluding diaryl/α,β-unsaturated/α-hetero) is 1. The van der Waals surface area contributed by atoms with Gasteiger partial charge in [-0.25, -0.2) is 17.2 Å². The highest BCUT2D eigenvalue weighted by atomic mass is 35.5. The van der Waals surface area contributed by atoms with E-state index in [-0.39, 0.29) is 58.1 Å². The summed E-state index contributed by atoms with van der Waals surface area (Å²) in [4.78, 5) is 29.0. The predicted octanol–water partition coefficient (Wildman–Crippen LogP) is 7.74. The van der Waals surface area contributed by atoms with Crippen molar-refractivity contribution < 1.29 is 31.9 Å². The fourth-order valence-corrected chi connectivity index (χ4v) is 8.37. The number of amides is 1. The fourth-order valence-electron chi connectivity index (χ4n) is 6.45. The number of hydrogen-bond donors (Lipinski definition) is 1. The molecule has 4 rings (SSSR count). The second-order valence-corrected chi connectivity index (χ2v) is 15.3. The summed E-state index contributed by atoms with van der Waals surface area (Å²) in [7, 11) is -3.99. The van der Waals surface area contributed by atoms with Crippen LogP contribution in [0.25, 0.3) is 0 Å². The number of hydrogen-bond acceptors (Lipinski definition) is 5. The van der Waals surface area contributed by atoms with Gasteiger partial charge in [0.1, 0.15) is 11.6 Å². The number of halogens is 4. The van der Waals surface area contributed by atoms with Crippen LogP contribution in [0.2, 0.25) is 10.0 Å². The maximum absolute atomic E-state index is 14.2. The lowest BCUT2D eigenvalue weighted by Crippen LogP contribution is -2.46. The van der Waals surface area contributed by atoms with E-state index in [1.165, 1.54) is 22.5 Å². The van der Waals surface area contributed by atoms with Crippen molar-refractivity contribution in [3.63, 3.8) is 0 Å². The monoisotopic (exact) mass is 722 g/mol. The molecule has 1 aliphatic rings. The summed E-state index contributed by atoms with van der Waals surface area (Å²) in [6.45, 7) is 7.14. The first-order valence-electron chi connectivity index (χ1n) is 16.3. The molecular weight excluding hydrogens is 681 g/mol. The lowest BCUT2D eigenvalue weighted by atomic mass is 9.79. The third-order valence-electron chi connectivity index (χ3n) is 8.70. The van der Waals surface area contributed by atoms with Crippen LogP contribution in [-0.4, -0.2) is 66.7 Å². The summed E-state index contributed by atoms with van der Waals surface area (Å²) in [6, 6.07) is 12.1. The van der Waals surface area contributed by atoms with Gasteiger partial charge in [-0.1, -0.05) is 37.0 Å². The summed E-state index contributed by atoms with van der Waals surface area (Å²) in [5, 5.41) is 12.1. The molecule has 0 saturated carbocycles. The van der Waals surface area contributed by atoms with Crippen molar-refractivity contribution in [3.8, 4) is 0 Å². The minimum atomic E-state index is -3.99. The van der Waals surface area contributed by atoms with E-state index < -0.39 is 39.6 Å². The van der Waals surface area contributed by atoms with Gasteiger partial charge < -0.3 is 10.0 Å². The molecule has 0 bridgehead atoms. The number of carbonyl (C=O) groups excluding carboxylic acids is 2. The molecule has 1 amide bonds. The Morgan fingerprint density at radius 1 is 0.958 bits per heavy atom. The molecular formula is C36H42Cl2F2N2O5S. The fraction of sp³-hybridized carbons (Fsp3) is 0.444. The molecule has 7 nitrogen and oxygen atoms in total. The topological polar surface area (TPSA) is 95.0 Å². The van der Waals surface area contributed by atoms with E-state index in [4.69, 9.17) is 23.2 Å². The van der Waals surface area contributed by atoms with Crippen LogP contribution in [0.5, 0.6) is 0 Å². The normalized spacial score (nSPS) is 16.8. The SMILES string of the molecule is CCCN(CCC)C(=O)c1cc(C)cc(C(=O)C[C@@H](Cc2cc(F)cc(F)c2)[C@H](O)[C@@H]2CCCN(S(=O)(=O)c3ccc(Cl)c(Cl)c3)C2)c1. The van der Waals surface area contributed by atoms with Gasteiger partial charge in [0.25, 0.3) is 5.91 Å². The van der Waals surface area contributed by atoms with Crippen molar-refractivity contribution in [2.75, 3.05) is 26.2 Å². The van der Waals surface area contributed by atoms with Gasteiger partial charge >= 0.3 is 0 Å². The Bertz CT molecular complexity index is 1710. The van der Waals surface area contributed by atoms with Gasteiger partial charge in [0.2, 0.25) is 10.0 Å². The van der Waals surface area contributed by atoms with Gasteiger partial charge in [-0.3, -0.25) is 9.59 Å². The van der Waals surface area contributed by atoms with Crippen molar-refractivity contribution in [2.45, 2.75) is 70.3 Å². The second kappa shape index (κ2) is 16.7. The highest BCUT2D eigenvalue weighted by Crippen LogP contribution is 2.33. The van der Waals surface area contributed by atoms with Crippen LogP contribution >= 0.6 is 23.2 Å². The summed E-state index contributed by atoms with van der Waals surface area (Å²) in [5.41, 5.74) is 1.66. The van der Waals surface area contributed by atoms with Crippen LogP contribution < -0.4 is 0 Å². The Hall–Kier alpha value is -2.89. The summed E-state index contributed by atoms with van der Waals surface area (Å²) >= 11 is 12.1. The lowest BCUT2D eigenvalue weighted by molar-refractivity contribution is 0.0231. The summed E-state index contributed by atoms with van der Waals surface area (Å²) in [6.07, 6.45) is 1.09. The zero-order valence-electron chi connectivity index (χ0n) is 27.4. The van der Waals surface area contributed by atoms with E-state index in [1.54, 1.807) is 30.0 Å². The zero-order chi connectivity index (χ0) is 35.2. The summed E-state index contributed by atoms with van der Waals surface area (Å²) in [5.74, 6) is -3.47. The molecule has 260 valence electrons. The minimum absolute atomic E-state index is 0.0280. The standard InChI is InChI=1S/C36H42Cl2F2N2O5S/c1-4-10-41(11-5-2)36(45)28-14-23(3)13-26(18-28)34(43)19-27(15-24-16-29(39)20-30(40)17-24)35(44)25-7-6-12-42(22-25)48(46,47)31-8-9-32(37)33(38)21-31/h8-9,13-14,16-18,20-21,25,27,35,44H,4-7,10-12,15,19,22H2,1-3H3/t25-,27-,35-/m1/s1. The van der Waals surface area contributed by atoms with E-state index >= 15 is 0 Å². The Labute approximate surface area is 291 Å². The quantitative estimate of drug-likeness (QED) is 0.172. The van der Waals surface area contributed by atoms with Gasteiger partial charge in [-0.2, -0.15) is 4.31 Å². The predicted molar refractivity (Wildman–Crippen MR) is 184 cm³/mol. The van der Waals surface area contributed by atoms with E-state index in [9.17, 15) is 31.9 Å². The number of nitrogens with zero attached hydrogens (tertiary/aromatic N) is 2. The second-order valence-electron chi connectivity index (χ2n) is 12.6. The lowest BCUT2D eigenvalue weighted by Gasteiger charge is -2.37. The Kier molecular flexibility index (Phi) is 13.2. The molecule has 1 aliphatic heterocycles. The highest BCUT2D eigenvalue weighted by molar-refractivity contribution is 7.89. The smallest absolute Gasteiger partial charge is 0.253 e. The van der Waals surface area contributed by atoms with Crippen molar-refractivity contribution in [1.29, 1.82) is 0 Å². The van der Waals surface area contributed by atoms with E-state index in [0.717, 1.165) is 36.6 Å². The van der Waals surface area contributed by atoms with Crippen LogP contribution in [0.4, 0.5) is 8.78 Å². The number of ketones is 1. The van der Waals surface area contributed by atoms with Crippen LogP contribution in [0.3, 0.4) is 0 Å². The molecule has 3 aromatic rings. The van der Waals surface area contributed by atoms with Crippen LogP contribution in [0, 0.1) is 30.4 Å². The van der Waals surface area contributed by atoms with Crippen molar-refractivity contribution >= 4 is 44.9 Å². The third kappa shape index (κ3) is 9.41. The van der Waals surface area contributed by atoms with Gasteiger partial charge in [0.05, 0.1) is 21.0 Å². The van der Waals surface area contributed by atoms with Crippen LogP contribution in [0.1, 0.15) is 77.8 Å². The van der Waals surface area contributed by atoms with E-state index in [1.807, 2.05) is 13.8 Å². The molecule has 1 fully saturated rings. The molecule has 0 spiro atoms. The average molecular weight is 724 g/mol. The number of sulfonamides is 1. The number of aliphatic hydroxyl groups is 1. The van der Waals surface area contributed by atoms with Gasteiger partial charge in [-0.15, -0.1) is 0 Å². The van der Waals surface area contributed by atoms with Gasteiger partial charge in [0, 0.05) is 49.8 Å². The number of carbonyl (C=O) groups is 2. The van der Waals surface area contributed by atoms with Crippen molar-refractivity contribution in [1.82, 2.24) is 9.21 Å². The maximum Gasteiger partial charge on any atom is 0.253 e. The molecule has 12 heteroatoms. The molecule has 1 heterocycles. The molecule has 3 aromatic carbocycles. The maximum atomic E-state index is 14.2. The molecule has 1 N–H and O–H groups in total. The Balaban J connectivity index is 1.62. The van der Waals surface area contributed by atoms with E-state index in [2.05, 4.69) is 0 Å². The molecule has 0 aliphatic carbocycles. The molecule has 0 aromatic heterocycles. The first kappa shape index (κ1) is 37.9. The third-order valence-corrected chi connectivity index (χ3v) is 11.3. The number of aryl methyl sites for hydroxylation is 1. The van der Waals surface area contributed by atoms with Gasteiger partial charge in [-0.05, 0) is 111 Å². The van der Waals surface area contributed by atoms with E-state index in [0.29, 0.717) is 37.1 Å². The first-order chi connectivity index (χ1) is 22.7. The number of piperidine rings is 1. The largest absolute Gasteiger partial charge is 0.392 e. The zero-order valence-corrected chi connectivity index (χ0v) is 29.7.